The lowest BCUT2D eigenvalue weighted by Gasteiger charge is -2.11. The number of hydrogen-bond donors (Lipinski definition) is 1. The van der Waals surface area contributed by atoms with E-state index >= 15 is 0 Å². The zero-order valence-corrected chi connectivity index (χ0v) is 15.0. The minimum atomic E-state index is -0.477. The number of nitrogens with zero attached hydrogens (tertiary/aromatic N) is 3. The summed E-state index contributed by atoms with van der Waals surface area (Å²) in [5, 5.41) is 21.9. The Balaban J connectivity index is 2.05. The summed E-state index contributed by atoms with van der Waals surface area (Å²) in [6.45, 7) is 0.199. The molecule has 126 valence electrons. The molecule has 0 fully saturated rings. The molecule has 2 aromatic carbocycles. The van der Waals surface area contributed by atoms with Gasteiger partial charge in [-0.15, -0.1) is 0 Å². The summed E-state index contributed by atoms with van der Waals surface area (Å²) >= 11 is 11.7. The van der Waals surface area contributed by atoms with E-state index in [0.29, 0.717) is 15.7 Å². The van der Waals surface area contributed by atoms with Crippen molar-refractivity contribution in [1.82, 2.24) is 5.32 Å². The molecule has 0 aliphatic rings. The SMILES string of the molecule is N#CNC(C#CC#CCN(C#N)c1ccc(Cl)cc1)c1ccc(Cl)cc1. The highest BCUT2D eigenvalue weighted by Crippen LogP contribution is 2.17. The fourth-order valence-electron chi connectivity index (χ4n) is 2.00. The number of anilines is 1. The summed E-state index contributed by atoms with van der Waals surface area (Å²) in [5.41, 5.74) is 1.51. The first kappa shape index (κ1) is 19.1. The van der Waals surface area contributed by atoms with E-state index in [-0.39, 0.29) is 6.54 Å². The molecule has 0 heterocycles. The zero-order chi connectivity index (χ0) is 18.8. The molecule has 1 unspecified atom stereocenters. The van der Waals surface area contributed by atoms with E-state index in [0.717, 1.165) is 5.56 Å². The summed E-state index contributed by atoms with van der Waals surface area (Å²) in [6.07, 6.45) is 3.94. The van der Waals surface area contributed by atoms with Crippen LogP contribution in [0.15, 0.2) is 48.5 Å². The predicted octanol–water partition coefficient (Wildman–Crippen LogP) is 4.10. The number of rotatable bonds is 4. The first-order valence-electron chi connectivity index (χ1n) is 7.45. The van der Waals surface area contributed by atoms with Crippen molar-refractivity contribution in [2.75, 3.05) is 11.4 Å². The van der Waals surface area contributed by atoms with E-state index in [9.17, 15) is 5.26 Å². The summed E-state index contributed by atoms with van der Waals surface area (Å²) in [5.74, 6) is 11.1. The van der Waals surface area contributed by atoms with Gasteiger partial charge in [-0.1, -0.05) is 47.2 Å². The van der Waals surface area contributed by atoms with Crippen molar-refractivity contribution < 1.29 is 0 Å². The minimum absolute atomic E-state index is 0.199. The van der Waals surface area contributed by atoms with Gasteiger partial charge in [0.15, 0.2) is 12.4 Å². The molecule has 1 N–H and O–H groups in total. The van der Waals surface area contributed by atoms with Crippen molar-refractivity contribution in [1.29, 1.82) is 10.5 Å². The van der Waals surface area contributed by atoms with Crippen molar-refractivity contribution in [2.24, 2.45) is 0 Å². The maximum atomic E-state index is 9.22. The Kier molecular flexibility index (Phi) is 7.24. The van der Waals surface area contributed by atoms with Gasteiger partial charge in [-0.25, -0.2) is 0 Å². The molecule has 0 radical (unpaired) electrons. The third-order valence-electron chi connectivity index (χ3n) is 3.28. The monoisotopic (exact) mass is 378 g/mol. The third kappa shape index (κ3) is 5.66. The second-order valence-corrected chi connectivity index (χ2v) is 5.85. The summed E-state index contributed by atoms with van der Waals surface area (Å²) in [7, 11) is 0. The molecule has 4 nitrogen and oxygen atoms in total. The number of benzene rings is 2. The lowest BCUT2D eigenvalue weighted by atomic mass is 10.1. The molecule has 0 aliphatic heterocycles. The number of nitrogens with one attached hydrogen (secondary N) is 1. The van der Waals surface area contributed by atoms with Crippen LogP contribution < -0.4 is 10.2 Å². The zero-order valence-electron chi connectivity index (χ0n) is 13.5. The number of nitriles is 2. The number of hydrogen-bond acceptors (Lipinski definition) is 4. The van der Waals surface area contributed by atoms with Crippen LogP contribution in [0.2, 0.25) is 10.0 Å². The van der Waals surface area contributed by atoms with E-state index in [2.05, 4.69) is 35.2 Å². The molecule has 0 spiro atoms. The van der Waals surface area contributed by atoms with Crippen LogP contribution in [-0.4, -0.2) is 6.54 Å². The Labute approximate surface area is 162 Å². The molecule has 0 saturated carbocycles. The van der Waals surface area contributed by atoms with Gasteiger partial charge in [0.25, 0.3) is 0 Å². The largest absolute Gasteiger partial charge is 0.305 e. The van der Waals surface area contributed by atoms with Crippen LogP contribution in [0.4, 0.5) is 5.69 Å². The van der Waals surface area contributed by atoms with Crippen molar-refractivity contribution in [3.05, 3.63) is 64.1 Å². The second-order valence-electron chi connectivity index (χ2n) is 4.97. The van der Waals surface area contributed by atoms with Crippen molar-refractivity contribution in [2.45, 2.75) is 6.04 Å². The van der Waals surface area contributed by atoms with Gasteiger partial charge < -0.3 is 5.32 Å². The minimum Gasteiger partial charge on any atom is -0.305 e. The van der Waals surface area contributed by atoms with E-state index in [1.165, 1.54) is 4.90 Å². The van der Waals surface area contributed by atoms with Gasteiger partial charge in [0.05, 0.1) is 12.2 Å². The molecule has 0 amide bonds. The lowest BCUT2D eigenvalue weighted by molar-refractivity contribution is 0.792. The normalized spacial score (nSPS) is 10.0. The average molecular weight is 379 g/mol. The summed E-state index contributed by atoms with van der Waals surface area (Å²) < 4.78 is 0. The fraction of sp³-hybridized carbons (Fsp3) is 0.100. The highest BCUT2D eigenvalue weighted by Gasteiger charge is 2.06. The van der Waals surface area contributed by atoms with Crippen LogP contribution in [-0.2, 0) is 0 Å². The highest BCUT2D eigenvalue weighted by molar-refractivity contribution is 6.30. The van der Waals surface area contributed by atoms with Gasteiger partial charge in [0, 0.05) is 10.0 Å². The standard InChI is InChI=1S/C20H12Cl2N4/c21-17-7-5-16(6-8-17)20(25-14-23)4-2-1-3-13-26(15-24)19-11-9-18(22)10-12-19/h5-12,20,25H,13H2. The molecule has 6 heteroatoms. The molecular weight excluding hydrogens is 367 g/mol. The van der Waals surface area contributed by atoms with Crippen LogP contribution in [0.5, 0.6) is 0 Å². The van der Waals surface area contributed by atoms with Gasteiger partial charge in [0.1, 0.15) is 6.04 Å². The fourth-order valence-corrected chi connectivity index (χ4v) is 2.25. The smallest absolute Gasteiger partial charge is 0.185 e. The maximum Gasteiger partial charge on any atom is 0.185 e. The first-order chi connectivity index (χ1) is 12.6. The molecule has 0 saturated heterocycles. The van der Waals surface area contributed by atoms with E-state index in [4.69, 9.17) is 28.5 Å². The Hall–Kier alpha value is -3.28. The summed E-state index contributed by atoms with van der Waals surface area (Å²) in [4.78, 5) is 1.43. The quantitative estimate of drug-likeness (QED) is 0.494. The molecule has 2 aromatic rings. The maximum absolute atomic E-state index is 9.22. The number of halogens is 2. The Morgan fingerprint density at radius 3 is 2.12 bits per heavy atom. The molecule has 1 atom stereocenters. The molecule has 0 aliphatic carbocycles. The molecule has 2 rings (SSSR count). The predicted molar refractivity (Wildman–Crippen MR) is 103 cm³/mol. The average Bonchev–Trinajstić information content (AvgIpc) is 2.65. The van der Waals surface area contributed by atoms with Crippen molar-refractivity contribution >= 4 is 28.9 Å². The molecule has 0 bridgehead atoms. The second kappa shape index (κ2) is 9.88. The molecule has 0 aromatic heterocycles. The highest BCUT2D eigenvalue weighted by atomic mass is 35.5. The first-order valence-corrected chi connectivity index (χ1v) is 8.21. The van der Waals surface area contributed by atoms with Crippen LogP contribution in [0.1, 0.15) is 11.6 Å². The Morgan fingerprint density at radius 1 is 0.923 bits per heavy atom. The summed E-state index contributed by atoms with van der Waals surface area (Å²) in [6, 6.07) is 13.5. The van der Waals surface area contributed by atoms with Crippen molar-refractivity contribution in [3.63, 3.8) is 0 Å². The topological polar surface area (TPSA) is 62.9 Å². The van der Waals surface area contributed by atoms with Crippen molar-refractivity contribution in [3.8, 4) is 36.1 Å². The Bertz CT molecular complexity index is 946. The molecular formula is C20H12Cl2N4. The van der Waals surface area contributed by atoms with Crippen LogP contribution in [0.25, 0.3) is 0 Å². The van der Waals surface area contributed by atoms with Gasteiger partial charge in [0.2, 0.25) is 0 Å². The van der Waals surface area contributed by atoms with E-state index in [1.807, 2.05) is 6.19 Å². The molecule has 26 heavy (non-hydrogen) atoms. The van der Waals surface area contributed by atoms with Gasteiger partial charge in [-0.3, -0.25) is 4.90 Å². The van der Waals surface area contributed by atoms with E-state index in [1.54, 1.807) is 48.5 Å². The van der Waals surface area contributed by atoms with Gasteiger partial charge in [-0.05, 0) is 53.8 Å². The third-order valence-corrected chi connectivity index (χ3v) is 3.78. The lowest BCUT2D eigenvalue weighted by Crippen LogP contribution is -2.16. The Morgan fingerprint density at radius 2 is 1.54 bits per heavy atom. The van der Waals surface area contributed by atoms with E-state index < -0.39 is 6.04 Å². The van der Waals surface area contributed by atoms with Gasteiger partial charge >= 0.3 is 0 Å². The van der Waals surface area contributed by atoms with Gasteiger partial charge in [-0.2, -0.15) is 10.5 Å². The van der Waals surface area contributed by atoms with Crippen LogP contribution >= 0.6 is 23.2 Å². The van der Waals surface area contributed by atoms with Crippen LogP contribution in [0.3, 0.4) is 0 Å². The van der Waals surface area contributed by atoms with Crippen LogP contribution in [0, 0.1) is 46.6 Å².